The minimum atomic E-state index is 0.545. The molecular formula is C19H20N4OS. The predicted octanol–water partition coefficient (Wildman–Crippen LogP) is 4.14. The van der Waals surface area contributed by atoms with Gasteiger partial charge in [0.2, 0.25) is 0 Å². The van der Waals surface area contributed by atoms with Gasteiger partial charge in [-0.1, -0.05) is 12.1 Å². The zero-order valence-corrected chi connectivity index (χ0v) is 14.8. The van der Waals surface area contributed by atoms with Crippen LogP contribution in [0.4, 0.5) is 11.4 Å². The van der Waals surface area contributed by atoms with E-state index >= 15 is 0 Å². The van der Waals surface area contributed by atoms with Crippen molar-refractivity contribution < 1.29 is 4.74 Å². The monoisotopic (exact) mass is 352 g/mol. The van der Waals surface area contributed by atoms with Crippen molar-refractivity contribution in [1.29, 1.82) is 0 Å². The van der Waals surface area contributed by atoms with Gasteiger partial charge >= 0.3 is 0 Å². The standard InChI is InChI=1S/C19H20N4OS/c1-2-24-18-10-8-17(9-11-18)22-19(25)21-16-6-4-15(5-7-16)14-23-13-3-12-20-23/h3-13H,2,14H2,1H3,(H2,21,22,25). The molecule has 1 aromatic heterocycles. The molecule has 0 amide bonds. The van der Waals surface area contributed by atoms with Crippen molar-refractivity contribution in [3.8, 4) is 5.75 Å². The molecule has 2 N–H and O–H groups in total. The Morgan fingerprint density at radius 2 is 1.68 bits per heavy atom. The second-order valence-corrected chi connectivity index (χ2v) is 5.85. The van der Waals surface area contributed by atoms with Crippen molar-refractivity contribution in [2.24, 2.45) is 0 Å². The van der Waals surface area contributed by atoms with Gasteiger partial charge in [0, 0.05) is 23.8 Å². The third kappa shape index (κ3) is 5.06. The lowest BCUT2D eigenvalue weighted by molar-refractivity contribution is 0.340. The highest BCUT2D eigenvalue weighted by Gasteiger charge is 2.01. The maximum atomic E-state index is 5.43. The molecule has 0 aliphatic heterocycles. The first-order chi connectivity index (χ1) is 12.2. The lowest BCUT2D eigenvalue weighted by Crippen LogP contribution is -2.19. The number of aromatic nitrogens is 2. The number of hydrogen-bond donors (Lipinski definition) is 2. The molecule has 5 nitrogen and oxygen atoms in total. The summed E-state index contributed by atoms with van der Waals surface area (Å²) in [6.45, 7) is 3.37. The second kappa shape index (κ2) is 8.30. The fraction of sp³-hybridized carbons (Fsp3) is 0.158. The normalized spacial score (nSPS) is 10.3. The molecule has 2 aromatic carbocycles. The smallest absolute Gasteiger partial charge is 0.175 e. The number of rotatable bonds is 6. The Kier molecular flexibility index (Phi) is 5.64. The Hall–Kier alpha value is -2.86. The highest BCUT2D eigenvalue weighted by molar-refractivity contribution is 7.80. The number of benzene rings is 2. The minimum Gasteiger partial charge on any atom is -0.494 e. The van der Waals surface area contributed by atoms with Crippen LogP contribution in [-0.4, -0.2) is 21.5 Å². The Morgan fingerprint density at radius 1 is 1.04 bits per heavy atom. The molecule has 0 aliphatic carbocycles. The quantitative estimate of drug-likeness (QED) is 0.653. The molecule has 0 fully saturated rings. The highest BCUT2D eigenvalue weighted by atomic mass is 32.1. The van der Waals surface area contributed by atoms with Crippen LogP contribution in [0.25, 0.3) is 0 Å². The van der Waals surface area contributed by atoms with E-state index in [9.17, 15) is 0 Å². The van der Waals surface area contributed by atoms with Crippen LogP contribution in [-0.2, 0) is 6.54 Å². The minimum absolute atomic E-state index is 0.545. The summed E-state index contributed by atoms with van der Waals surface area (Å²) in [4.78, 5) is 0. The van der Waals surface area contributed by atoms with Crippen molar-refractivity contribution in [2.45, 2.75) is 13.5 Å². The van der Waals surface area contributed by atoms with E-state index in [1.807, 2.05) is 60.3 Å². The topological polar surface area (TPSA) is 51.1 Å². The van der Waals surface area contributed by atoms with Crippen LogP contribution < -0.4 is 15.4 Å². The SMILES string of the molecule is CCOc1ccc(NC(=S)Nc2ccc(Cn3cccn3)cc2)cc1. The first-order valence-electron chi connectivity index (χ1n) is 8.10. The van der Waals surface area contributed by atoms with Crippen molar-refractivity contribution in [3.05, 3.63) is 72.6 Å². The molecule has 0 bridgehead atoms. The van der Waals surface area contributed by atoms with Gasteiger partial charge in [-0.3, -0.25) is 4.68 Å². The second-order valence-electron chi connectivity index (χ2n) is 5.44. The van der Waals surface area contributed by atoms with Crippen molar-refractivity contribution in [3.63, 3.8) is 0 Å². The fourth-order valence-electron chi connectivity index (χ4n) is 2.37. The van der Waals surface area contributed by atoms with Gasteiger partial charge < -0.3 is 15.4 Å². The zero-order valence-electron chi connectivity index (χ0n) is 14.0. The number of nitrogens with zero attached hydrogens (tertiary/aromatic N) is 2. The molecule has 0 saturated carbocycles. The van der Waals surface area contributed by atoms with E-state index in [4.69, 9.17) is 17.0 Å². The third-order valence-electron chi connectivity index (χ3n) is 3.54. The number of anilines is 2. The lowest BCUT2D eigenvalue weighted by Gasteiger charge is -2.12. The summed E-state index contributed by atoms with van der Waals surface area (Å²) < 4.78 is 7.32. The van der Waals surface area contributed by atoms with Gasteiger partial charge in [0.05, 0.1) is 13.2 Å². The zero-order chi connectivity index (χ0) is 17.5. The Balaban J connectivity index is 1.53. The Labute approximate surface area is 152 Å². The van der Waals surface area contributed by atoms with Crippen LogP contribution in [0.5, 0.6) is 5.75 Å². The van der Waals surface area contributed by atoms with Crippen molar-refractivity contribution in [2.75, 3.05) is 17.2 Å². The van der Waals surface area contributed by atoms with Gasteiger partial charge in [-0.05, 0) is 67.2 Å². The van der Waals surface area contributed by atoms with E-state index < -0.39 is 0 Å². The average Bonchev–Trinajstić information content (AvgIpc) is 3.12. The average molecular weight is 352 g/mol. The number of nitrogens with one attached hydrogen (secondary N) is 2. The molecule has 0 aliphatic rings. The molecule has 128 valence electrons. The Morgan fingerprint density at radius 3 is 2.24 bits per heavy atom. The van der Waals surface area contributed by atoms with Gasteiger partial charge in [-0.15, -0.1) is 0 Å². The third-order valence-corrected chi connectivity index (χ3v) is 3.74. The predicted molar refractivity (Wildman–Crippen MR) is 105 cm³/mol. The molecular weight excluding hydrogens is 332 g/mol. The van der Waals surface area contributed by atoms with Crippen LogP contribution in [0.2, 0.25) is 0 Å². The van der Waals surface area contributed by atoms with Gasteiger partial charge in [-0.2, -0.15) is 5.10 Å². The first kappa shape index (κ1) is 17.0. The van der Waals surface area contributed by atoms with Crippen LogP contribution in [0.3, 0.4) is 0 Å². The first-order valence-corrected chi connectivity index (χ1v) is 8.51. The molecule has 0 saturated heterocycles. The summed E-state index contributed by atoms with van der Waals surface area (Å²) in [5, 5.41) is 11.1. The van der Waals surface area contributed by atoms with Gasteiger partial charge in [0.15, 0.2) is 5.11 Å². The highest BCUT2D eigenvalue weighted by Crippen LogP contribution is 2.16. The molecule has 3 aromatic rings. The van der Waals surface area contributed by atoms with E-state index in [1.54, 1.807) is 6.20 Å². The van der Waals surface area contributed by atoms with Gasteiger partial charge in [0.1, 0.15) is 5.75 Å². The molecule has 0 atom stereocenters. The fourth-order valence-corrected chi connectivity index (χ4v) is 2.60. The Bertz CT molecular complexity index is 798. The number of hydrogen-bond acceptors (Lipinski definition) is 3. The lowest BCUT2D eigenvalue weighted by atomic mass is 10.2. The summed E-state index contributed by atoms with van der Waals surface area (Å²) >= 11 is 5.36. The van der Waals surface area contributed by atoms with Crippen molar-refractivity contribution in [1.82, 2.24) is 9.78 Å². The van der Waals surface area contributed by atoms with E-state index in [1.165, 1.54) is 5.56 Å². The number of ether oxygens (including phenoxy) is 1. The summed E-state index contributed by atoms with van der Waals surface area (Å²) in [5.74, 6) is 0.847. The molecule has 6 heteroatoms. The van der Waals surface area contributed by atoms with E-state index in [0.717, 1.165) is 23.7 Å². The van der Waals surface area contributed by atoms with Crippen LogP contribution in [0, 0.1) is 0 Å². The van der Waals surface area contributed by atoms with Gasteiger partial charge in [-0.25, -0.2) is 0 Å². The number of thiocarbonyl (C=S) groups is 1. The molecule has 3 rings (SSSR count). The molecule has 25 heavy (non-hydrogen) atoms. The molecule has 1 heterocycles. The molecule has 0 unspecified atom stereocenters. The maximum absolute atomic E-state index is 5.43. The molecule has 0 spiro atoms. The van der Waals surface area contributed by atoms with E-state index in [2.05, 4.69) is 27.9 Å². The van der Waals surface area contributed by atoms with Crippen LogP contribution in [0.1, 0.15) is 12.5 Å². The summed E-state index contributed by atoms with van der Waals surface area (Å²) in [6.07, 6.45) is 3.73. The van der Waals surface area contributed by atoms with E-state index in [-0.39, 0.29) is 0 Å². The van der Waals surface area contributed by atoms with Crippen LogP contribution in [0.15, 0.2) is 67.0 Å². The molecule has 0 radical (unpaired) electrons. The van der Waals surface area contributed by atoms with Crippen LogP contribution >= 0.6 is 12.2 Å². The van der Waals surface area contributed by atoms with Crippen molar-refractivity contribution >= 4 is 28.7 Å². The van der Waals surface area contributed by atoms with Gasteiger partial charge in [0.25, 0.3) is 0 Å². The summed E-state index contributed by atoms with van der Waals surface area (Å²) in [6, 6.07) is 17.7. The van der Waals surface area contributed by atoms with E-state index in [0.29, 0.717) is 11.7 Å². The maximum Gasteiger partial charge on any atom is 0.175 e. The summed E-state index contributed by atoms with van der Waals surface area (Å²) in [5.41, 5.74) is 3.03. The summed E-state index contributed by atoms with van der Waals surface area (Å²) in [7, 11) is 0. The largest absolute Gasteiger partial charge is 0.494 e.